The van der Waals surface area contributed by atoms with Crippen LogP contribution in [0.15, 0.2) is 0 Å². The van der Waals surface area contributed by atoms with E-state index < -0.39 is 0 Å². The van der Waals surface area contributed by atoms with Gasteiger partial charge in [0.15, 0.2) is 0 Å². The van der Waals surface area contributed by atoms with Crippen LogP contribution in [0.5, 0.6) is 0 Å². The molecule has 3 nitrogen and oxygen atoms in total. The van der Waals surface area contributed by atoms with E-state index >= 15 is 0 Å². The number of ether oxygens (including phenoxy) is 1. The zero-order chi connectivity index (χ0) is 9.42. The number of methoxy groups -OCH3 is 1. The van der Waals surface area contributed by atoms with Gasteiger partial charge in [0.1, 0.15) is 0 Å². The van der Waals surface area contributed by atoms with Gasteiger partial charge in [-0.2, -0.15) is 0 Å². The van der Waals surface area contributed by atoms with Gasteiger partial charge in [0.05, 0.1) is 13.0 Å². The molecule has 2 bridgehead atoms. The Labute approximate surface area is 79.0 Å². The normalized spacial score (nSPS) is 39.1. The maximum Gasteiger partial charge on any atom is 0.310 e. The van der Waals surface area contributed by atoms with Crippen LogP contribution in [-0.4, -0.2) is 37.1 Å². The average Bonchev–Trinajstić information content (AvgIpc) is 2.41. The lowest BCUT2D eigenvalue weighted by atomic mass is 9.91. The number of nitrogens with zero attached hydrogens (tertiary/aromatic N) is 1. The van der Waals surface area contributed by atoms with Gasteiger partial charge in [0, 0.05) is 12.1 Å². The molecule has 2 fully saturated rings. The highest BCUT2D eigenvalue weighted by molar-refractivity contribution is 5.73. The van der Waals surface area contributed by atoms with E-state index in [0.717, 1.165) is 18.9 Å². The monoisotopic (exact) mass is 183 g/mol. The molecule has 2 saturated heterocycles. The van der Waals surface area contributed by atoms with Crippen LogP contribution >= 0.6 is 0 Å². The Morgan fingerprint density at radius 3 is 2.69 bits per heavy atom. The molecule has 2 unspecified atom stereocenters. The molecule has 3 heteroatoms. The molecular weight excluding hydrogens is 166 g/mol. The van der Waals surface area contributed by atoms with E-state index in [0.29, 0.717) is 6.04 Å². The molecule has 74 valence electrons. The summed E-state index contributed by atoms with van der Waals surface area (Å²) in [5.74, 6) is 0.117. The molecule has 0 aromatic rings. The average molecular weight is 183 g/mol. The molecule has 3 atom stereocenters. The summed E-state index contributed by atoms with van der Waals surface area (Å²) in [4.78, 5) is 13.8. The molecule has 0 aliphatic carbocycles. The maximum absolute atomic E-state index is 11.5. The SMILES string of the molecule is COC(=O)C1CC[C@H]2CCC1N2C. The Morgan fingerprint density at radius 2 is 2.00 bits per heavy atom. The van der Waals surface area contributed by atoms with Crippen LogP contribution in [0.1, 0.15) is 25.7 Å². The van der Waals surface area contributed by atoms with Crippen molar-refractivity contribution in [3.63, 3.8) is 0 Å². The van der Waals surface area contributed by atoms with Crippen LogP contribution < -0.4 is 0 Å². The standard InChI is InChI=1S/C10H17NO2/c1-11-7-3-5-8(10(12)13-2)9(11)6-4-7/h7-9H,3-6H2,1-2H3/t7-,8?,9?/m0/s1. The lowest BCUT2D eigenvalue weighted by Gasteiger charge is -2.35. The Bertz CT molecular complexity index is 217. The molecule has 0 aromatic carbocycles. The molecule has 0 spiro atoms. The molecule has 2 rings (SSSR count). The van der Waals surface area contributed by atoms with Gasteiger partial charge in [-0.05, 0) is 32.7 Å². The van der Waals surface area contributed by atoms with Crippen LogP contribution in [0, 0.1) is 5.92 Å². The van der Waals surface area contributed by atoms with Gasteiger partial charge in [-0.15, -0.1) is 0 Å². The van der Waals surface area contributed by atoms with E-state index in [4.69, 9.17) is 4.74 Å². The zero-order valence-corrected chi connectivity index (χ0v) is 8.32. The molecule has 2 heterocycles. The first kappa shape index (κ1) is 9.00. The van der Waals surface area contributed by atoms with Crippen LogP contribution in [-0.2, 0) is 9.53 Å². The summed E-state index contributed by atoms with van der Waals surface area (Å²) < 4.78 is 4.82. The number of esters is 1. The molecule has 0 amide bonds. The fourth-order valence-corrected chi connectivity index (χ4v) is 2.86. The number of hydrogen-bond acceptors (Lipinski definition) is 3. The van der Waals surface area contributed by atoms with Crippen LogP contribution in [0.3, 0.4) is 0 Å². The molecule has 2 aliphatic heterocycles. The van der Waals surface area contributed by atoms with Crippen molar-refractivity contribution in [1.82, 2.24) is 4.90 Å². The lowest BCUT2D eigenvalue weighted by molar-refractivity contribution is -0.149. The van der Waals surface area contributed by atoms with Crippen molar-refractivity contribution in [1.29, 1.82) is 0 Å². The Balaban J connectivity index is 2.10. The van der Waals surface area contributed by atoms with Gasteiger partial charge in [0.2, 0.25) is 0 Å². The summed E-state index contributed by atoms with van der Waals surface area (Å²) in [5.41, 5.74) is 0. The third-order valence-corrected chi connectivity index (χ3v) is 3.67. The fourth-order valence-electron chi connectivity index (χ4n) is 2.86. The molecule has 13 heavy (non-hydrogen) atoms. The molecule has 0 aromatic heterocycles. The lowest BCUT2D eigenvalue weighted by Crippen LogP contribution is -2.45. The van der Waals surface area contributed by atoms with E-state index in [2.05, 4.69) is 11.9 Å². The van der Waals surface area contributed by atoms with Gasteiger partial charge in [-0.3, -0.25) is 9.69 Å². The van der Waals surface area contributed by atoms with Crippen molar-refractivity contribution in [2.24, 2.45) is 5.92 Å². The Kier molecular flexibility index (Phi) is 2.28. The summed E-state index contributed by atoms with van der Waals surface area (Å²) >= 11 is 0. The first-order valence-electron chi connectivity index (χ1n) is 5.04. The number of hydrogen-bond donors (Lipinski definition) is 0. The van der Waals surface area contributed by atoms with E-state index in [1.807, 2.05) is 0 Å². The second-order valence-electron chi connectivity index (χ2n) is 4.17. The van der Waals surface area contributed by atoms with Crippen LogP contribution in [0.25, 0.3) is 0 Å². The number of carbonyl (C=O) groups excluding carboxylic acids is 1. The summed E-state index contributed by atoms with van der Waals surface area (Å²) in [5, 5.41) is 0. The van der Waals surface area contributed by atoms with Crippen molar-refractivity contribution in [2.75, 3.05) is 14.2 Å². The number of rotatable bonds is 1. The largest absolute Gasteiger partial charge is 0.469 e. The second-order valence-corrected chi connectivity index (χ2v) is 4.17. The maximum atomic E-state index is 11.5. The van der Waals surface area contributed by atoms with Crippen molar-refractivity contribution < 1.29 is 9.53 Å². The third-order valence-electron chi connectivity index (χ3n) is 3.67. The number of carbonyl (C=O) groups is 1. The summed E-state index contributed by atoms with van der Waals surface area (Å²) in [6.45, 7) is 0. The summed E-state index contributed by atoms with van der Waals surface area (Å²) in [6, 6.07) is 1.18. The quantitative estimate of drug-likeness (QED) is 0.569. The highest BCUT2D eigenvalue weighted by Gasteiger charge is 2.43. The minimum Gasteiger partial charge on any atom is -0.469 e. The van der Waals surface area contributed by atoms with Crippen molar-refractivity contribution in [2.45, 2.75) is 37.8 Å². The van der Waals surface area contributed by atoms with E-state index in [1.54, 1.807) is 0 Å². The van der Waals surface area contributed by atoms with E-state index in [-0.39, 0.29) is 11.9 Å². The predicted octanol–water partition coefficient (Wildman–Crippen LogP) is 1.03. The van der Waals surface area contributed by atoms with Crippen LogP contribution in [0.2, 0.25) is 0 Å². The Hall–Kier alpha value is -0.570. The first-order valence-corrected chi connectivity index (χ1v) is 5.04. The molecule has 0 saturated carbocycles. The van der Waals surface area contributed by atoms with Gasteiger partial charge >= 0.3 is 5.97 Å². The Morgan fingerprint density at radius 1 is 1.31 bits per heavy atom. The van der Waals surface area contributed by atoms with Gasteiger partial charge in [-0.25, -0.2) is 0 Å². The minimum absolute atomic E-state index is 0.0165. The van der Waals surface area contributed by atoms with E-state index in [9.17, 15) is 4.79 Å². The van der Waals surface area contributed by atoms with Gasteiger partial charge < -0.3 is 4.74 Å². The summed E-state index contributed by atoms with van der Waals surface area (Å²) in [7, 11) is 3.63. The molecule has 0 radical (unpaired) electrons. The van der Waals surface area contributed by atoms with Gasteiger partial charge in [0.25, 0.3) is 0 Å². The number of fused-ring (bicyclic) bond motifs is 2. The fraction of sp³-hybridized carbons (Fsp3) is 0.900. The van der Waals surface area contributed by atoms with Crippen molar-refractivity contribution in [3.05, 3.63) is 0 Å². The molecular formula is C10H17NO2. The third kappa shape index (κ3) is 1.35. The molecule has 2 aliphatic rings. The smallest absolute Gasteiger partial charge is 0.310 e. The van der Waals surface area contributed by atoms with E-state index in [1.165, 1.54) is 20.0 Å². The summed E-state index contributed by atoms with van der Waals surface area (Å²) in [6.07, 6.45) is 4.61. The molecule has 0 N–H and O–H groups in total. The van der Waals surface area contributed by atoms with Crippen molar-refractivity contribution in [3.8, 4) is 0 Å². The first-order chi connectivity index (χ1) is 6.24. The highest BCUT2D eigenvalue weighted by Crippen LogP contribution is 2.38. The number of piperidine rings is 1. The minimum atomic E-state index is -0.0165. The topological polar surface area (TPSA) is 29.5 Å². The zero-order valence-electron chi connectivity index (χ0n) is 8.32. The van der Waals surface area contributed by atoms with Crippen molar-refractivity contribution >= 4 is 5.97 Å². The second kappa shape index (κ2) is 3.29. The van der Waals surface area contributed by atoms with Crippen LogP contribution in [0.4, 0.5) is 0 Å². The highest BCUT2D eigenvalue weighted by atomic mass is 16.5. The van der Waals surface area contributed by atoms with Gasteiger partial charge in [-0.1, -0.05) is 0 Å². The predicted molar refractivity (Wildman–Crippen MR) is 49.3 cm³/mol.